The molecule has 0 saturated carbocycles. The van der Waals surface area contributed by atoms with Crippen molar-refractivity contribution >= 4 is 11.8 Å². The van der Waals surface area contributed by atoms with Crippen LogP contribution in [0.15, 0.2) is 24.5 Å². The fourth-order valence-electron chi connectivity index (χ4n) is 5.53. The molecule has 0 aliphatic carbocycles. The standard InChI is InChI=1S/C21H30N4O2/c1-16(2)18(26)25-10-6-20(7-11-25)14-24(13-17-4-3-8-22-12-17)15-21(20)5-9-23-19(21)27/h3-4,8,12,16H,5-7,9-11,13-15H2,1-2H3,(H,23,27). The van der Waals surface area contributed by atoms with E-state index in [4.69, 9.17) is 0 Å². The van der Waals surface area contributed by atoms with Crippen molar-refractivity contribution in [2.45, 2.75) is 39.7 Å². The quantitative estimate of drug-likeness (QED) is 0.879. The number of amides is 2. The van der Waals surface area contributed by atoms with E-state index in [0.717, 1.165) is 58.5 Å². The Morgan fingerprint density at radius 2 is 2.04 bits per heavy atom. The van der Waals surface area contributed by atoms with Gasteiger partial charge in [0.25, 0.3) is 0 Å². The van der Waals surface area contributed by atoms with E-state index in [1.165, 1.54) is 5.56 Å². The minimum Gasteiger partial charge on any atom is -0.356 e. The normalized spacial score (nSPS) is 27.7. The van der Waals surface area contributed by atoms with Gasteiger partial charge in [0.15, 0.2) is 0 Å². The SMILES string of the molecule is CC(C)C(=O)N1CCC2(CC1)CN(Cc1cccnc1)CC21CCNC1=O. The molecule has 0 aromatic carbocycles. The second-order valence-electron chi connectivity index (χ2n) is 8.85. The van der Waals surface area contributed by atoms with Crippen LogP contribution >= 0.6 is 0 Å². The average Bonchev–Trinajstić information content (AvgIpc) is 3.17. The Hall–Kier alpha value is -1.95. The van der Waals surface area contributed by atoms with Crippen molar-refractivity contribution in [3.63, 3.8) is 0 Å². The van der Waals surface area contributed by atoms with E-state index in [-0.39, 0.29) is 28.6 Å². The number of likely N-dealkylation sites (tertiary alicyclic amines) is 2. The molecule has 2 spiro atoms. The van der Waals surface area contributed by atoms with E-state index < -0.39 is 0 Å². The fourth-order valence-corrected chi connectivity index (χ4v) is 5.53. The van der Waals surface area contributed by atoms with Crippen LogP contribution in [0.5, 0.6) is 0 Å². The smallest absolute Gasteiger partial charge is 0.228 e. The number of aromatic nitrogens is 1. The lowest BCUT2D eigenvalue weighted by Crippen LogP contribution is -2.53. The monoisotopic (exact) mass is 370 g/mol. The van der Waals surface area contributed by atoms with Crippen LogP contribution in [0, 0.1) is 16.7 Å². The fraction of sp³-hybridized carbons (Fsp3) is 0.667. The summed E-state index contributed by atoms with van der Waals surface area (Å²) in [5.41, 5.74) is 0.863. The van der Waals surface area contributed by atoms with Crippen LogP contribution < -0.4 is 5.32 Å². The van der Waals surface area contributed by atoms with E-state index in [9.17, 15) is 9.59 Å². The van der Waals surface area contributed by atoms with Crippen LogP contribution in [-0.4, -0.2) is 59.3 Å². The molecule has 3 aliphatic heterocycles. The number of rotatable bonds is 3. The molecule has 2 amide bonds. The molecule has 4 heterocycles. The highest BCUT2D eigenvalue weighted by Gasteiger charge is 2.63. The van der Waals surface area contributed by atoms with Gasteiger partial charge in [0.05, 0.1) is 5.41 Å². The molecule has 4 rings (SSSR count). The van der Waals surface area contributed by atoms with Crippen LogP contribution in [0.4, 0.5) is 0 Å². The maximum absolute atomic E-state index is 13.0. The highest BCUT2D eigenvalue weighted by Crippen LogP contribution is 2.56. The Bertz CT molecular complexity index is 712. The number of hydrogen-bond acceptors (Lipinski definition) is 4. The van der Waals surface area contributed by atoms with Crippen LogP contribution in [0.25, 0.3) is 0 Å². The van der Waals surface area contributed by atoms with Gasteiger partial charge in [-0.1, -0.05) is 19.9 Å². The summed E-state index contributed by atoms with van der Waals surface area (Å²) >= 11 is 0. The number of pyridine rings is 1. The summed E-state index contributed by atoms with van der Waals surface area (Å²) in [5.74, 6) is 0.494. The molecule has 0 radical (unpaired) electrons. The molecule has 6 heteroatoms. The summed E-state index contributed by atoms with van der Waals surface area (Å²) in [6.45, 7) is 8.81. The zero-order chi connectivity index (χ0) is 19.1. The van der Waals surface area contributed by atoms with Gasteiger partial charge >= 0.3 is 0 Å². The van der Waals surface area contributed by atoms with Gasteiger partial charge in [0.2, 0.25) is 11.8 Å². The summed E-state index contributed by atoms with van der Waals surface area (Å²) in [6, 6.07) is 4.07. The van der Waals surface area contributed by atoms with Crippen molar-refractivity contribution in [2.24, 2.45) is 16.7 Å². The molecule has 6 nitrogen and oxygen atoms in total. The Morgan fingerprint density at radius 1 is 1.26 bits per heavy atom. The lowest BCUT2D eigenvalue weighted by molar-refractivity contribution is -0.140. The summed E-state index contributed by atoms with van der Waals surface area (Å²) < 4.78 is 0. The van der Waals surface area contributed by atoms with Crippen molar-refractivity contribution in [1.82, 2.24) is 20.1 Å². The van der Waals surface area contributed by atoms with Crippen molar-refractivity contribution in [3.8, 4) is 0 Å². The van der Waals surface area contributed by atoms with E-state index in [1.54, 1.807) is 6.20 Å². The van der Waals surface area contributed by atoms with Gasteiger partial charge in [-0.3, -0.25) is 19.5 Å². The van der Waals surface area contributed by atoms with Crippen LogP contribution in [0.3, 0.4) is 0 Å². The molecule has 1 unspecified atom stereocenters. The summed E-state index contributed by atoms with van der Waals surface area (Å²) in [5, 5.41) is 3.10. The minimum atomic E-state index is -0.303. The van der Waals surface area contributed by atoms with Crippen molar-refractivity contribution < 1.29 is 9.59 Å². The molecular weight excluding hydrogens is 340 g/mol. The van der Waals surface area contributed by atoms with Gasteiger partial charge in [0.1, 0.15) is 0 Å². The number of nitrogens with zero attached hydrogens (tertiary/aromatic N) is 3. The van der Waals surface area contributed by atoms with E-state index in [2.05, 4.69) is 21.3 Å². The lowest BCUT2D eigenvalue weighted by Gasteiger charge is -2.47. The molecule has 1 aromatic rings. The topological polar surface area (TPSA) is 65.5 Å². The third-order valence-corrected chi connectivity index (χ3v) is 6.96. The first-order valence-corrected chi connectivity index (χ1v) is 10.1. The second kappa shape index (κ2) is 6.89. The number of piperidine rings is 1. The molecule has 1 N–H and O–H groups in total. The highest BCUT2D eigenvalue weighted by atomic mass is 16.2. The summed E-state index contributed by atoms with van der Waals surface area (Å²) in [4.78, 5) is 34.0. The van der Waals surface area contributed by atoms with Gasteiger partial charge in [-0.05, 0) is 30.9 Å². The number of fused-ring (bicyclic) bond motifs is 1. The Labute approximate surface area is 161 Å². The molecule has 3 aliphatic rings. The number of carbonyl (C=O) groups excluding carboxylic acids is 2. The Morgan fingerprint density at radius 3 is 2.63 bits per heavy atom. The Balaban J connectivity index is 1.55. The van der Waals surface area contributed by atoms with Crippen LogP contribution in [0.1, 0.15) is 38.7 Å². The zero-order valence-electron chi connectivity index (χ0n) is 16.4. The predicted molar refractivity (Wildman–Crippen MR) is 103 cm³/mol. The third-order valence-electron chi connectivity index (χ3n) is 6.96. The zero-order valence-corrected chi connectivity index (χ0v) is 16.4. The van der Waals surface area contributed by atoms with Gasteiger partial charge in [-0.2, -0.15) is 0 Å². The van der Waals surface area contributed by atoms with Gasteiger partial charge < -0.3 is 10.2 Å². The Kier molecular flexibility index (Phi) is 4.70. The van der Waals surface area contributed by atoms with E-state index >= 15 is 0 Å². The maximum atomic E-state index is 13.0. The summed E-state index contributed by atoms with van der Waals surface area (Å²) in [7, 11) is 0. The first kappa shape index (κ1) is 18.4. The largest absolute Gasteiger partial charge is 0.356 e. The van der Waals surface area contributed by atoms with Crippen LogP contribution in [0.2, 0.25) is 0 Å². The third kappa shape index (κ3) is 3.04. The number of carbonyl (C=O) groups is 2. The van der Waals surface area contributed by atoms with Crippen LogP contribution in [-0.2, 0) is 16.1 Å². The minimum absolute atomic E-state index is 0.0243. The first-order chi connectivity index (χ1) is 13.0. The number of nitrogens with one attached hydrogen (secondary N) is 1. The van der Waals surface area contributed by atoms with Crippen molar-refractivity contribution in [3.05, 3.63) is 30.1 Å². The lowest BCUT2D eigenvalue weighted by atomic mass is 9.60. The molecule has 0 bridgehead atoms. The molecule has 1 atom stereocenters. The van der Waals surface area contributed by atoms with Gasteiger partial charge in [-0.15, -0.1) is 0 Å². The number of hydrogen-bond donors (Lipinski definition) is 1. The maximum Gasteiger partial charge on any atom is 0.228 e. The molecular formula is C21H30N4O2. The predicted octanol–water partition coefficient (Wildman–Crippen LogP) is 1.67. The second-order valence-corrected chi connectivity index (χ2v) is 8.85. The molecule has 1 aromatic heterocycles. The molecule has 3 fully saturated rings. The van der Waals surface area contributed by atoms with E-state index in [0.29, 0.717) is 0 Å². The van der Waals surface area contributed by atoms with Gasteiger partial charge in [0, 0.05) is 63.0 Å². The highest BCUT2D eigenvalue weighted by molar-refractivity contribution is 5.86. The van der Waals surface area contributed by atoms with Gasteiger partial charge in [-0.25, -0.2) is 0 Å². The average molecular weight is 370 g/mol. The molecule has 3 saturated heterocycles. The van der Waals surface area contributed by atoms with Crippen molar-refractivity contribution in [2.75, 3.05) is 32.7 Å². The molecule has 146 valence electrons. The summed E-state index contributed by atoms with van der Waals surface area (Å²) in [6.07, 6.45) is 6.46. The van der Waals surface area contributed by atoms with E-state index in [1.807, 2.05) is 31.0 Å². The molecule has 27 heavy (non-hydrogen) atoms. The first-order valence-electron chi connectivity index (χ1n) is 10.1. The van der Waals surface area contributed by atoms with Crippen molar-refractivity contribution in [1.29, 1.82) is 0 Å².